The summed E-state index contributed by atoms with van der Waals surface area (Å²) in [7, 11) is 1.30. The molecule has 1 rings (SSSR count). The molecule has 0 unspecified atom stereocenters. The SMILES string of the molecule is COC(=O)CCNC(=O)c1csc(N)n1. The zero-order chi connectivity index (χ0) is 11.3. The van der Waals surface area contributed by atoms with Gasteiger partial charge in [-0.2, -0.15) is 0 Å². The summed E-state index contributed by atoms with van der Waals surface area (Å²) in [6.45, 7) is 0.225. The molecule has 0 aliphatic rings. The summed E-state index contributed by atoms with van der Waals surface area (Å²) in [6, 6.07) is 0. The third-order valence-electron chi connectivity index (χ3n) is 1.60. The number of nitrogen functional groups attached to an aromatic ring is 1. The number of nitrogens with one attached hydrogen (secondary N) is 1. The number of ether oxygens (including phenoxy) is 1. The van der Waals surface area contributed by atoms with Crippen LogP contribution in [0.1, 0.15) is 16.9 Å². The first-order valence-corrected chi connectivity index (χ1v) is 5.07. The van der Waals surface area contributed by atoms with Crippen LogP contribution >= 0.6 is 11.3 Å². The molecule has 0 fully saturated rings. The van der Waals surface area contributed by atoms with Gasteiger partial charge in [-0.3, -0.25) is 9.59 Å². The Labute approximate surface area is 90.4 Å². The van der Waals surface area contributed by atoms with Crippen molar-refractivity contribution in [2.24, 2.45) is 0 Å². The number of amides is 1. The van der Waals surface area contributed by atoms with Crippen molar-refractivity contribution < 1.29 is 14.3 Å². The van der Waals surface area contributed by atoms with Gasteiger partial charge in [0.25, 0.3) is 5.91 Å². The van der Waals surface area contributed by atoms with E-state index in [0.29, 0.717) is 5.13 Å². The Morgan fingerprint density at radius 1 is 1.67 bits per heavy atom. The highest BCUT2D eigenvalue weighted by atomic mass is 32.1. The number of thiazole rings is 1. The number of carbonyl (C=O) groups is 2. The Bertz CT molecular complexity index is 364. The second-order valence-corrected chi connectivity index (χ2v) is 3.54. The highest BCUT2D eigenvalue weighted by Gasteiger charge is 2.09. The van der Waals surface area contributed by atoms with Gasteiger partial charge in [-0.15, -0.1) is 11.3 Å². The van der Waals surface area contributed by atoms with Crippen LogP contribution in [0, 0.1) is 0 Å². The Kier molecular flexibility index (Phi) is 4.04. The van der Waals surface area contributed by atoms with Gasteiger partial charge >= 0.3 is 5.97 Å². The summed E-state index contributed by atoms with van der Waals surface area (Å²) in [5, 5.41) is 4.43. The molecule has 1 heterocycles. The molecule has 1 aromatic heterocycles. The average molecular weight is 229 g/mol. The lowest BCUT2D eigenvalue weighted by atomic mass is 10.4. The molecule has 0 aliphatic heterocycles. The zero-order valence-electron chi connectivity index (χ0n) is 8.15. The minimum Gasteiger partial charge on any atom is -0.469 e. The van der Waals surface area contributed by atoms with E-state index in [-0.39, 0.29) is 30.5 Å². The Morgan fingerprint density at radius 3 is 2.93 bits per heavy atom. The molecule has 3 N–H and O–H groups in total. The summed E-state index contributed by atoms with van der Waals surface area (Å²) in [5.41, 5.74) is 5.63. The fourth-order valence-electron chi connectivity index (χ4n) is 0.863. The highest BCUT2D eigenvalue weighted by Crippen LogP contribution is 2.10. The molecule has 6 nitrogen and oxygen atoms in total. The van der Waals surface area contributed by atoms with Gasteiger partial charge in [0.15, 0.2) is 5.13 Å². The monoisotopic (exact) mass is 229 g/mol. The molecule has 0 saturated heterocycles. The van der Waals surface area contributed by atoms with Crippen molar-refractivity contribution >= 4 is 28.3 Å². The standard InChI is InChI=1S/C8H11N3O3S/c1-14-6(12)2-3-10-7(13)5-4-15-8(9)11-5/h4H,2-3H2,1H3,(H2,9,11)(H,10,13). The molecule has 0 aliphatic carbocycles. The van der Waals surface area contributed by atoms with Crippen LogP contribution in [0.5, 0.6) is 0 Å². The van der Waals surface area contributed by atoms with Gasteiger partial charge in [-0.05, 0) is 0 Å². The number of hydrogen-bond acceptors (Lipinski definition) is 6. The Balaban J connectivity index is 2.34. The van der Waals surface area contributed by atoms with E-state index in [2.05, 4.69) is 15.0 Å². The molecule has 0 spiro atoms. The van der Waals surface area contributed by atoms with E-state index in [9.17, 15) is 9.59 Å². The molecule has 1 amide bonds. The summed E-state index contributed by atoms with van der Waals surface area (Å²) < 4.78 is 4.42. The van der Waals surface area contributed by atoms with E-state index >= 15 is 0 Å². The maximum atomic E-state index is 11.4. The van der Waals surface area contributed by atoms with Crippen molar-refractivity contribution in [2.45, 2.75) is 6.42 Å². The third kappa shape index (κ3) is 3.55. The molecular weight excluding hydrogens is 218 g/mol. The number of methoxy groups -OCH3 is 1. The van der Waals surface area contributed by atoms with Crippen LogP contribution in [-0.2, 0) is 9.53 Å². The lowest BCUT2D eigenvalue weighted by Crippen LogP contribution is -2.26. The predicted molar refractivity (Wildman–Crippen MR) is 55.5 cm³/mol. The van der Waals surface area contributed by atoms with Crippen LogP contribution in [0.25, 0.3) is 0 Å². The van der Waals surface area contributed by atoms with Crippen LogP contribution < -0.4 is 11.1 Å². The molecule has 7 heteroatoms. The molecular formula is C8H11N3O3S. The van der Waals surface area contributed by atoms with Gasteiger partial charge in [0.1, 0.15) is 5.69 Å². The molecule has 0 bridgehead atoms. The number of nitrogens with zero attached hydrogens (tertiary/aromatic N) is 1. The van der Waals surface area contributed by atoms with Crippen LogP contribution in [0.3, 0.4) is 0 Å². The fourth-order valence-corrected chi connectivity index (χ4v) is 1.41. The molecule has 0 radical (unpaired) electrons. The van der Waals surface area contributed by atoms with Gasteiger partial charge < -0.3 is 15.8 Å². The number of anilines is 1. The number of nitrogens with two attached hydrogens (primary N) is 1. The van der Waals surface area contributed by atoms with Crippen LogP contribution in [0.4, 0.5) is 5.13 Å². The second-order valence-electron chi connectivity index (χ2n) is 2.65. The van der Waals surface area contributed by atoms with Crippen molar-refractivity contribution in [1.82, 2.24) is 10.3 Å². The number of carbonyl (C=O) groups excluding carboxylic acids is 2. The predicted octanol–water partition coefficient (Wildman–Crippen LogP) is 0.0182. The van der Waals surface area contributed by atoms with E-state index in [1.165, 1.54) is 18.4 Å². The molecule has 0 saturated carbocycles. The Hall–Kier alpha value is -1.63. The van der Waals surface area contributed by atoms with Crippen molar-refractivity contribution in [3.63, 3.8) is 0 Å². The van der Waals surface area contributed by atoms with Crippen LogP contribution in [0.15, 0.2) is 5.38 Å². The summed E-state index contributed by atoms with van der Waals surface area (Å²) in [6.07, 6.45) is 0.141. The lowest BCUT2D eigenvalue weighted by molar-refractivity contribution is -0.140. The molecule has 82 valence electrons. The van der Waals surface area contributed by atoms with Crippen molar-refractivity contribution in [3.05, 3.63) is 11.1 Å². The summed E-state index contributed by atoms with van der Waals surface area (Å²) in [4.78, 5) is 25.9. The highest BCUT2D eigenvalue weighted by molar-refractivity contribution is 7.13. The first-order chi connectivity index (χ1) is 7.13. The largest absolute Gasteiger partial charge is 0.469 e. The first kappa shape index (κ1) is 11.4. The topological polar surface area (TPSA) is 94.3 Å². The molecule has 1 aromatic rings. The minimum atomic E-state index is -0.368. The zero-order valence-corrected chi connectivity index (χ0v) is 8.97. The summed E-state index contributed by atoms with van der Waals surface area (Å²) >= 11 is 1.19. The average Bonchev–Trinajstić information content (AvgIpc) is 2.64. The van der Waals surface area contributed by atoms with Crippen molar-refractivity contribution in [3.8, 4) is 0 Å². The molecule has 0 atom stereocenters. The quantitative estimate of drug-likeness (QED) is 0.710. The normalized spacial score (nSPS) is 9.67. The van der Waals surface area contributed by atoms with Gasteiger partial charge in [-0.25, -0.2) is 4.98 Å². The van der Waals surface area contributed by atoms with E-state index < -0.39 is 0 Å². The van der Waals surface area contributed by atoms with Crippen molar-refractivity contribution in [1.29, 1.82) is 0 Å². The minimum absolute atomic E-state index is 0.141. The van der Waals surface area contributed by atoms with E-state index in [4.69, 9.17) is 5.73 Å². The molecule has 0 aromatic carbocycles. The number of hydrogen-bond donors (Lipinski definition) is 2. The first-order valence-electron chi connectivity index (χ1n) is 4.19. The fraction of sp³-hybridized carbons (Fsp3) is 0.375. The molecule has 15 heavy (non-hydrogen) atoms. The maximum absolute atomic E-state index is 11.4. The smallest absolute Gasteiger partial charge is 0.307 e. The van der Waals surface area contributed by atoms with Gasteiger partial charge in [0.05, 0.1) is 13.5 Å². The van der Waals surface area contributed by atoms with Gasteiger partial charge in [0.2, 0.25) is 0 Å². The van der Waals surface area contributed by atoms with Crippen molar-refractivity contribution in [2.75, 3.05) is 19.4 Å². The number of aromatic nitrogens is 1. The van der Waals surface area contributed by atoms with Gasteiger partial charge in [-0.1, -0.05) is 0 Å². The van der Waals surface area contributed by atoms with Gasteiger partial charge in [0, 0.05) is 11.9 Å². The Morgan fingerprint density at radius 2 is 2.40 bits per heavy atom. The van der Waals surface area contributed by atoms with Crippen LogP contribution in [-0.4, -0.2) is 30.5 Å². The van der Waals surface area contributed by atoms with Crippen LogP contribution in [0.2, 0.25) is 0 Å². The number of esters is 1. The lowest BCUT2D eigenvalue weighted by Gasteiger charge is -2.01. The van der Waals surface area contributed by atoms with E-state index in [1.807, 2.05) is 0 Å². The second kappa shape index (κ2) is 5.30. The van der Waals surface area contributed by atoms with E-state index in [1.54, 1.807) is 5.38 Å². The summed E-state index contributed by atoms with van der Waals surface area (Å²) in [5.74, 6) is -0.708. The third-order valence-corrected chi connectivity index (χ3v) is 2.27. The van der Waals surface area contributed by atoms with E-state index in [0.717, 1.165) is 0 Å². The number of rotatable bonds is 4. The maximum Gasteiger partial charge on any atom is 0.307 e.